The molecule has 2 aromatic heterocycles. The van der Waals surface area contributed by atoms with Gasteiger partial charge in [-0.2, -0.15) is 0 Å². The molecule has 2 rings (SSSR count). The van der Waals surface area contributed by atoms with E-state index in [2.05, 4.69) is 9.97 Å². The van der Waals surface area contributed by atoms with Gasteiger partial charge in [0.1, 0.15) is 5.75 Å². The predicted octanol–water partition coefficient (Wildman–Crippen LogP) is 2.39. The molecular formula is C19H29ClN4O5S2. The first kappa shape index (κ1) is 27.2. The largest absolute Gasteiger partial charge is 0.495 e. The SMILES string of the molecule is COc1ccc([C@@H](C)[C@H](C)S(N)(=O)=O)nc1.C[C@H](c1ccc(Cl)cn1)[C@H](C)S(N)(=O)=O. The van der Waals surface area contributed by atoms with Crippen molar-refractivity contribution in [3.63, 3.8) is 0 Å². The summed E-state index contributed by atoms with van der Waals surface area (Å²) < 4.78 is 49.6. The van der Waals surface area contributed by atoms with Gasteiger partial charge in [0.25, 0.3) is 0 Å². The van der Waals surface area contributed by atoms with Crippen LogP contribution in [-0.2, 0) is 20.0 Å². The molecule has 0 fully saturated rings. The minimum Gasteiger partial charge on any atom is -0.495 e. The summed E-state index contributed by atoms with van der Waals surface area (Å²) in [5, 5.41) is 9.36. The second-order valence-corrected chi connectivity index (χ2v) is 11.5. The van der Waals surface area contributed by atoms with Crippen LogP contribution in [0.1, 0.15) is 50.9 Å². The van der Waals surface area contributed by atoms with Gasteiger partial charge in [-0.3, -0.25) is 9.97 Å². The Morgan fingerprint density at radius 1 is 0.806 bits per heavy atom. The second kappa shape index (κ2) is 11.2. The number of methoxy groups -OCH3 is 1. The fourth-order valence-electron chi connectivity index (χ4n) is 2.49. The number of hydrogen-bond acceptors (Lipinski definition) is 7. The van der Waals surface area contributed by atoms with Crippen LogP contribution in [0.2, 0.25) is 5.02 Å². The van der Waals surface area contributed by atoms with Gasteiger partial charge in [-0.15, -0.1) is 0 Å². The fraction of sp³-hybridized carbons (Fsp3) is 0.474. The van der Waals surface area contributed by atoms with Gasteiger partial charge in [-0.25, -0.2) is 27.1 Å². The number of ether oxygens (including phenoxy) is 1. The number of hydrogen-bond donors (Lipinski definition) is 2. The summed E-state index contributed by atoms with van der Waals surface area (Å²) >= 11 is 5.68. The van der Waals surface area contributed by atoms with Crippen molar-refractivity contribution in [3.8, 4) is 5.75 Å². The van der Waals surface area contributed by atoms with Crippen LogP contribution in [-0.4, -0.2) is 44.4 Å². The van der Waals surface area contributed by atoms with Gasteiger partial charge in [0.05, 0.1) is 28.8 Å². The van der Waals surface area contributed by atoms with Crippen molar-refractivity contribution in [1.82, 2.24) is 9.97 Å². The molecular weight excluding hydrogens is 464 g/mol. The summed E-state index contributed by atoms with van der Waals surface area (Å²) in [6, 6.07) is 6.87. The molecule has 0 aliphatic rings. The lowest BCUT2D eigenvalue weighted by Gasteiger charge is -2.17. The number of pyridine rings is 2. The van der Waals surface area contributed by atoms with Gasteiger partial charge < -0.3 is 4.74 Å². The van der Waals surface area contributed by atoms with Gasteiger partial charge in [-0.05, 0) is 38.1 Å². The third kappa shape index (κ3) is 8.34. The molecule has 12 heteroatoms. The van der Waals surface area contributed by atoms with E-state index in [1.165, 1.54) is 6.20 Å². The Morgan fingerprint density at radius 3 is 1.52 bits per heavy atom. The Kier molecular flexibility index (Phi) is 9.83. The summed E-state index contributed by atoms with van der Waals surface area (Å²) in [7, 11) is -5.52. The minimum atomic E-state index is -3.54. The van der Waals surface area contributed by atoms with E-state index in [1.54, 1.807) is 65.3 Å². The molecule has 174 valence electrons. The number of rotatable bonds is 7. The Morgan fingerprint density at radius 2 is 1.23 bits per heavy atom. The van der Waals surface area contributed by atoms with Crippen LogP contribution >= 0.6 is 11.6 Å². The number of aromatic nitrogens is 2. The molecule has 0 aromatic carbocycles. The molecule has 4 N–H and O–H groups in total. The quantitative estimate of drug-likeness (QED) is 0.600. The van der Waals surface area contributed by atoms with E-state index in [9.17, 15) is 16.8 Å². The third-order valence-corrected chi connectivity index (χ3v) is 8.24. The van der Waals surface area contributed by atoms with Crippen LogP contribution in [0.5, 0.6) is 5.75 Å². The predicted molar refractivity (Wildman–Crippen MR) is 122 cm³/mol. The van der Waals surface area contributed by atoms with Crippen molar-refractivity contribution >= 4 is 31.6 Å². The van der Waals surface area contributed by atoms with Crippen molar-refractivity contribution in [3.05, 3.63) is 53.1 Å². The molecule has 0 spiro atoms. The number of sulfonamides is 2. The molecule has 0 unspecified atom stereocenters. The third-order valence-electron chi connectivity index (χ3n) is 5.12. The highest BCUT2D eigenvalue weighted by atomic mass is 35.5. The van der Waals surface area contributed by atoms with E-state index in [0.29, 0.717) is 22.2 Å². The Labute approximate surface area is 189 Å². The van der Waals surface area contributed by atoms with Crippen LogP contribution < -0.4 is 15.0 Å². The van der Waals surface area contributed by atoms with E-state index in [-0.39, 0.29) is 11.8 Å². The van der Waals surface area contributed by atoms with E-state index in [4.69, 9.17) is 26.6 Å². The Balaban J connectivity index is 0.000000311. The lowest BCUT2D eigenvalue weighted by Crippen LogP contribution is -2.30. The molecule has 0 saturated carbocycles. The molecule has 0 aliphatic carbocycles. The average molecular weight is 493 g/mol. The lowest BCUT2D eigenvalue weighted by molar-refractivity contribution is 0.412. The Bertz CT molecular complexity index is 1050. The lowest BCUT2D eigenvalue weighted by atomic mass is 10.0. The number of halogens is 1. The van der Waals surface area contributed by atoms with Crippen LogP contribution in [0, 0.1) is 0 Å². The van der Waals surface area contributed by atoms with Gasteiger partial charge in [0.2, 0.25) is 20.0 Å². The molecule has 0 radical (unpaired) electrons. The van der Waals surface area contributed by atoms with Crippen molar-refractivity contribution in [1.29, 1.82) is 0 Å². The molecule has 0 aliphatic heterocycles. The zero-order valence-electron chi connectivity index (χ0n) is 18.1. The van der Waals surface area contributed by atoms with Gasteiger partial charge >= 0.3 is 0 Å². The van der Waals surface area contributed by atoms with Crippen LogP contribution in [0.3, 0.4) is 0 Å². The summed E-state index contributed by atoms with van der Waals surface area (Å²) in [5.41, 5.74) is 1.35. The van der Waals surface area contributed by atoms with Crippen molar-refractivity contribution in [2.75, 3.05) is 7.11 Å². The van der Waals surface area contributed by atoms with Crippen LogP contribution in [0.25, 0.3) is 0 Å². The van der Waals surface area contributed by atoms with Crippen molar-refractivity contribution in [2.24, 2.45) is 10.3 Å². The standard InChI is InChI=1S/C10H16N2O3S.C9H13ClN2O2S/c1-7(8(2)16(11,13)14)10-5-4-9(15-3)6-12-10;1-6(7(2)15(11,13)14)9-4-3-8(10)5-12-9/h4-8H,1-3H3,(H2,11,13,14);3-7H,1-2H3,(H2,11,13,14)/t7-,8-;6-,7-/m00/s1. The summed E-state index contributed by atoms with van der Waals surface area (Å²) in [5.74, 6) is 0.136. The first-order valence-electron chi connectivity index (χ1n) is 9.33. The van der Waals surface area contributed by atoms with E-state index in [1.807, 2.05) is 0 Å². The molecule has 9 nitrogen and oxygen atoms in total. The zero-order chi connectivity index (χ0) is 24.0. The second-order valence-electron chi connectivity index (χ2n) is 7.19. The van der Waals surface area contributed by atoms with Crippen molar-refractivity contribution in [2.45, 2.75) is 50.0 Å². The summed E-state index contributed by atoms with van der Waals surface area (Å²) in [6.07, 6.45) is 3.05. The van der Waals surface area contributed by atoms with Crippen LogP contribution in [0.4, 0.5) is 0 Å². The van der Waals surface area contributed by atoms with E-state index in [0.717, 1.165) is 0 Å². The van der Waals surface area contributed by atoms with Gasteiger partial charge in [-0.1, -0.05) is 25.4 Å². The first-order chi connectivity index (χ1) is 14.2. The fourth-order valence-corrected chi connectivity index (χ4v) is 4.02. The van der Waals surface area contributed by atoms with E-state index >= 15 is 0 Å². The van der Waals surface area contributed by atoms with Gasteiger partial charge in [0.15, 0.2) is 0 Å². The smallest absolute Gasteiger partial charge is 0.212 e. The van der Waals surface area contributed by atoms with Crippen LogP contribution in [0.15, 0.2) is 36.7 Å². The molecule has 2 aromatic rings. The Hall–Kier alpha value is -1.79. The molecule has 0 saturated heterocycles. The average Bonchev–Trinajstić information content (AvgIpc) is 2.71. The van der Waals surface area contributed by atoms with E-state index < -0.39 is 30.5 Å². The van der Waals surface area contributed by atoms with Crippen molar-refractivity contribution < 1.29 is 21.6 Å². The molecule has 31 heavy (non-hydrogen) atoms. The summed E-state index contributed by atoms with van der Waals surface area (Å²) in [6.45, 7) is 6.69. The topological polar surface area (TPSA) is 155 Å². The highest BCUT2D eigenvalue weighted by molar-refractivity contribution is 7.90. The molecule has 2 heterocycles. The number of primary sulfonamides is 2. The monoisotopic (exact) mass is 492 g/mol. The zero-order valence-corrected chi connectivity index (χ0v) is 20.4. The number of nitrogens with two attached hydrogens (primary N) is 2. The molecule has 0 amide bonds. The highest BCUT2D eigenvalue weighted by Crippen LogP contribution is 2.23. The molecule has 4 atom stereocenters. The maximum Gasteiger partial charge on any atom is 0.212 e. The normalized spacial score (nSPS) is 15.7. The highest BCUT2D eigenvalue weighted by Gasteiger charge is 2.25. The number of nitrogens with zero attached hydrogens (tertiary/aromatic N) is 2. The minimum absolute atomic E-state index is 0.249. The first-order valence-corrected chi connectivity index (χ1v) is 12.9. The maximum atomic E-state index is 11.2. The summed E-state index contributed by atoms with van der Waals surface area (Å²) in [4.78, 5) is 8.20. The maximum absolute atomic E-state index is 11.2. The molecule has 0 bridgehead atoms. The van der Waals surface area contributed by atoms with Gasteiger partial charge in [0, 0.05) is 29.4 Å².